The lowest BCUT2D eigenvalue weighted by molar-refractivity contribution is 0.549. The van der Waals surface area contributed by atoms with Gasteiger partial charge in [0.05, 0.1) is 18.8 Å². The third kappa shape index (κ3) is 3.08. The quantitative estimate of drug-likeness (QED) is 0.667. The predicted octanol–water partition coefficient (Wildman–Crippen LogP) is 2.16. The van der Waals surface area contributed by atoms with E-state index >= 15 is 0 Å². The van der Waals surface area contributed by atoms with Crippen LogP contribution in [0.15, 0.2) is 39.0 Å². The molecular formula is C21H26N6O2. The standard InChI is InChI=1S/C21H26N6O2/c1-13-7-9-14(10-8-13)11-27-19-22-17-16(18(28)25(6)20(29)24(17)5)26(19)12-15(23-27)21(2,3)4/h7-10H,11-12H2,1-6H3. The van der Waals surface area contributed by atoms with Crippen LogP contribution in [0, 0.1) is 12.3 Å². The fourth-order valence-electron chi connectivity index (χ4n) is 3.51. The second-order valence-corrected chi connectivity index (χ2v) is 8.72. The number of fused-ring (bicyclic) bond motifs is 3. The summed E-state index contributed by atoms with van der Waals surface area (Å²) >= 11 is 0. The molecule has 1 aliphatic heterocycles. The van der Waals surface area contributed by atoms with Gasteiger partial charge in [0.25, 0.3) is 5.56 Å². The van der Waals surface area contributed by atoms with Crippen molar-refractivity contribution in [3.8, 4) is 0 Å². The Balaban J connectivity index is 1.95. The molecule has 0 amide bonds. The van der Waals surface area contributed by atoms with E-state index < -0.39 is 0 Å². The fourth-order valence-corrected chi connectivity index (χ4v) is 3.51. The van der Waals surface area contributed by atoms with E-state index in [1.165, 1.54) is 17.2 Å². The average Bonchev–Trinajstić information content (AvgIpc) is 3.06. The van der Waals surface area contributed by atoms with E-state index in [-0.39, 0.29) is 16.7 Å². The molecule has 0 saturated carbocycles. The van der Waals surface area contributed by atoms with Crippen molar-refractivity contribution < 1.29 is 0 Å². The average molecular weight is 394 g/mol. The first kappa shape index (κ1) is 19.2. The molecule has 0 spiro atoms. The van der Waals surface area contributed by atoms with Crippen LogP contribution >= 0.6 is 0 Å². The zero-order valence-corrected chi connectivity index (χ0v) is 17.7. The Hall–Kier alpha value is -3.16. The number of nitrogens with zero attached hydrogens (tertiary/aromatic N) is 6. The van der Waals surface area contributed by atoms with Crippen LogP contribution in [0.2, 0.25) is 0 Å². The Morgan fingerprint density at radius 2 is 1.69 bits per heavy atom. The van der Waals surface area contributed by atoms with E-state index in [0.717, 1.165) is 15.8 Å². The van der Waals surface area contributed by atoms with Crippen LogP contribution in [0.4, 0.5) is 5.95 Å². The summed E-state index contributed by atoms with van der Waals surface area (Å²) in [5, 5.41) is 6.71. The first-order chi connectivity index (χ1) is 13.6. The van der Waals surface area contributed by atoms with Crippen molar-refractivity contribution in [3.05, 3.63) is 56.2 Å². The highest BCUT2D eigenvalue weighted by Crippen LogP contribution is 2.30. The molecule has 2 aromatic heterocycles. The number of hydrogen-bond donors (Lipinski definition) is 0. The van der Waals surface area contributed by atoms with Crippen LogP contribution in [-0.4, -0.2) is 24.4 Å². The van der Waals surface area contributed by atoms with Gasteiger partial charge in [0.1, 0.15) is 0 Å². The topological polar surface area (TPSA) is 77.4 Å². The monoisotopic (exact) mass is 394 g/mol. The molecule has 0 N–H and O–H groups in total. The Bertz CT molecular complexity index is 1250. The molecule has 0 atom stereocenters. The number of hydrazone groups is 1. The number of benzene rings is 1. The van der Waals surface area contributed by atoms with Crippen LogP contribution in [0.1, 0.15) is 31.9 Å². The van der Waals surface area contributed by atoms with Crippen LogP contribution in [0.5, 0.6) is 0 Å². The normalized spacial score (nSPS) is 14.3. The van der Waals surface area contributed by atoms with Gasteiger partial charge in [-0.2, -0.15) is 10.1 Å². The molecule has 1 aliphatic rings. The largest absolute Gasteiger partial charge is 0.332 e. The molecule has 8 nitrogen and oxygen atoms in total. The van der Waals surface area contributed by atoms with Gasteiger partial charge in [-0.25, -0.2) is 9.80 Å². The lowest BCUT2D eigenvalue weighted by Crippen LogP contribution is -2.39. The fraction of sp³-hybridized carbons (Fsp3) is 0.429. The molecule has 1 aromatic carbocycles. The van der Waals surface area contributed by atoms with E-state index in [2.05, 4.69) is 56.9 Å². The Kier molecular flexibility index (Phi) is 4.25. The van der Waals surface area contributed by atoms with Crippen molar-refractivity contribution in [2.24, 2.45) is 24.6 Å². The number of aromatic nitrogens is 4. The number of anilines is 1. The number of hydrogen-bond acceptors (Lipinski definition) is 5. The van der Waals surface area contributed by atoms with Crippen molar-refractivity contribution in [2.75, 3.05) is 5.01 Å². The van der Waals surface area contributed by atoms with Gasteiger partial charge in [-0.15, -0.1) is 0 Å². The molecule has 0 aliphatic carbocycles. The summed E-state index contributed by atoms with van der Waals surface area (Å²) in [6.07, 6.45) is 0. The Labute approximate surface area is 168 Å². The maximum atomic E-state index is 12.9. The second kappa shape index (κ2) is 6.43. The van der Waals surface area contributed by atoms with Crippen LogP contribution in [0.3, 0.4) is 0 Å². The maximum absolute atomic E-state index is 12.9. The van der Waals surface area contributed by atoms with Crippen LogP contribution in [-0.2, 0) is 27.2 Å². The van der Waals surface area contributed by atoms with E-state index in [0.29, 0.717) is 30.2 Å². The van der Waals surface area contributed by atoms with Crippen LogP contribution in [0.25, 0.3) is 11.2 Å². The molecule has 8 heteroatoms. The molecule has 3 aromatic rings. The summed E-state index contributed by atoms with van der Waals surface area (Å²) in [5.41, 5.74) is 3.14. The highest BCUT2D eigenvalue weighted by molar-refractivity contribution is 5.93. The zero-order valence-electron chi connectivity index (χ0n) is 17.7. The lowest BCUT2D eigenvalue weighted by Gasteiger charge is -2.31. The molecule has 29 heavy (non-hydrogen) atoms. The number of aryl methyl sites for hydroxylation is 2. The molecular weight excluding hydrogens is 368 g/mol. The van der Waals surface area contributed by atoms with Gasteiger partial charge in [-0.05, 0) is 12.5 Å². The zero-order chi connectivity index (χ0) is 21.1. The third-order valence-electron chi connectivity index (χ3n) is 5.43. The van der Waals surface area contributed by atoms with Gasteiger partial charge in [0.2, 0.25) is 5.95 Å². The third-order valence-corrected chi connectivity index (χ3v) is 5.43. The summed E-state index contributed by atoms with van der Waals surface area (Å²) in [5.74, 6) is 0.576. The Morgan fingerprint density at radius 1 is 1.03 bits per heavy atom. The summed E-state index contributed by atoms with van der Waals surface area (Å²) < 4.78 is 4.44. The van der Waals surface area contributed by atoms with Crippen molar-refractivity contribution in [1.82, 2.24) is 18.7 Å². The van der Waals surface area contributed by atoms with E-state index in [4.69, 9.17) is 5.10 Å². The minimum absolute atomic E-state index is 0.175. The Morgan fingerprint density at radius 3 is 2.31 bits per heavy atom. The minimum atomic E-state index is -0.389. The van der Waals surface area contributed by atoms with E-state index in [1.807, 2.05) is 9.58 Å². The lowest BCUT2D eigenvalue weighted by atomic mass is 9.89. The molecule has 0 bridgehead atoms. The number of rotatable bonds is 2. The second-order valence-electron chi connectivity index (χ2n) is 8.72. The van der Waals surface area contributed by atoms with Crippen LogP contribution < -0.4 is 16.3 Å². The van der Waals surface area contributed by atoms with E-state index in [9.17, 15) is 9.59 Å². The summed E-state index contributed by atoms with van der Waals surface area (Å²) in [6.45, 7) is 9.36. The first-order valence-corrected chi connectivity index (χ1v) is 9.65. The van der Waals surface area contributed by atoms with Gasteiger partial charge in [0.15, 0.2) is 11.2 Å². The number of imidazole rings is 1. The van der Waals surface area contributed by atoms with Crippen molar-refractivity contribution >= 4 is 22.8 Å². The molecule has 152 valence electrons. The highest BCUT2D eigenvalue weighted by Gasteiger charge is 2.31. The summed E-state index contributed by atoms with van der Waals surface area (Å²) in [6, 6.07) is 8.27. The van der Waals surface area contributed by atoms with Gasteiger partial charge < -0.3 is 0 Å². The van der Waals surface area contributed by atoms with Crippen molar-refractivity contribution in [3.63, 3.8) is 0 Å². The molecule has 0 unspecified atom stereocenters. The maximum Gasteiger partial charge on any atom is 0.332 e. The summed E-state index contributed by atoms with van der Waals surface area (Å²) in [4.78, 5) is 30.0. The highest BCUT2D eigenvalue weighted by atomic mass is 16.2. The molecule has 4 rings (SSSR count). The SMILES string of the molecule is Cc1ccc(CN2N=C(C(C)(C)C)Cn3c2nc2c3c(=O)n(C)c(=O)n2C)cc1. The smallest absolute Gasteiger partial charge is 0.297 e. The van der Waals surface area contributed by atoms with Gasteiger partial charge in [-0.1, -0.05) is 50.6 Å². The molecule has 3 heterocycles. The van der Waals surface area contributed by atoms with E-state index in [1.54, 1.807) is 7.05 Å². The predicted molar refractivity (Wildman–Crippen MR) is 114 cm³/mol. The van der Waals surface area contributed by atoms with Crippen molar-refractivity contribution in [1.29, 1.82) is 0 Å². The minimum Gasteiger partial charge on any atom is -0.297 e. The molecule has 0 saturated heterocycles. The first-order valence-electron chi connectivity index (χ1n) is 9.65. The summed E-state index contributed by atoms with van der Waals surface area (Å²) in [7, 11) is 3.13. The van der Waals surface area contributed by atoms with Gasteiger partial charge in [0, 0.05) is 19.5 Å². The molecule has 0 radical (unpaired) electrons. The van der Waals surface area contributed by atoms with Gasteiger partial charge >= 0.3 is 5.69 Å². The van der Waals surface area contributed by atoms with Crippen molar-refractivity contribution in [2.45, 2.75) is 40.8 Å². The molecule has 0 fully saturated rings. The van der Waals surface area contributed by atoms with Gasteiger partial charge in [-0.3, -0.25) is 18.5 Å².